The average Bonchev–Trinajstić information content (AvgIpc) is 2.32. The third kappa shape index (κ3) is 0.932. The van der Waals surface area contributed by atoms with Gasteiger partial charge in [-0.2, -0.15) is 0 Å². The van der Waals surface area contributed by atoms with E-state index >= 15 is 0 Å². The predicted molar refractivity (Wildman–Crippen MR) is 40.3 cm³/mol. The summed E-state index contributed by atoms with van der Waals surface area (Å²) >= 11 is 0. The molecule has 1 N–H and O–H groups in total. The van der Waals surface area contributed by atoms with Crippen molar-refractivity contribution in [1.29, 1.82) is 0 Å². The Morgan fingerprint density at radius 1 is 1.55 bits per heavy atom. The third-order valence-corrected chi connectivity index (χ3v) is 2.52. The molecule has 0 aliphatic carbocycles. The molecule has 11 heavy (non-hydrogen) atoms. The minimum absolute atomic E-state index is 0.410. The molecule has 0 aromatic carbocycles. The summed E-state index contributed by atoms with van der Waals surface area (Å²) < 4.78 is 11.0. The van der Waals surface area contributed by atoms with Crippen molar-refractivity contribution in [3.8, 4) is 0 Å². The second kappa shape index (κ2) is 2.13. The highest BCUT2D eigenvalue weighted by Gasteiger charge is 2.12. The zero-order valence-corrected chi connectivity index (χ0v) is 6.22. The quantitative estimate of drug-likeness (QED) is 0.586. The van der Waals surface area contributed by atoms with Crippen molar-refractivity contribution >= 4 is 16.9 Å². The standard InChI is InChI=1S/C6H4N2O2S/c9-6-7-3-5-4(8-6)1-2-11(5)10/h1-3H,(H,7,8,9). The number of hydrogen-bond acceptors (Lipinski definition) is 3. The molecule has 1 aromatic heterocycles. The molecule has 1 atom stereocenters. The Bertz CT molecular complexity index is 407. The predicted octanol–water partition coefficient (Wildman–Crippen LogP) is -0.138. The summed E-state index contributed by atoms with van der Waals surface area (Å²) in [7, 11) is -1.12. The van der Waals surface area contributed by atoms with Gasteiger partial charge in [0.15, 0.2) is 0 Å². The Hall–Kier alpha value is -1.23. The van der Waals surface area contributed by atoms with E-state index in [1.165, 1.54) is 11.6 Å². The summed E-state index contributed by atoms with van der Waals surface area (Å²) in [6, 6.07) is 0. The molecule has 1 aliphatic heterocycles. The fourth-order valence-corrected chi connectivity index (χ4v) is 1.78. The van der Waals surface area contributed by atoms with Gasteiger partial charge in [-0.15, -0.1) is 0 Å². The molecule has 0 fully saturated rings. The van der Waals surface area contributed by atoms with E-state index in [9.17, 15) is 9.00 Å². The van der Waals surface area contributed by atoms with Crippen molar-refractivity contribution in [2.45, 2.75) is 4.90 Å². The third-order valence-electron chi connectivity index (χ3n) is 1.38. The van der Waals surface area contributed by atoms with Gasteiger partial charge in [-0.1, -0.05) is 0 Å². The van der Waals surface area contributed by atoms with Crippen molar-refractivity contribution < 1.29 is 4.21 Å². The van der Waals surface area contributed by atoms with Crippen molar-refractivity contribution in [2.24, 2.45) is 0 Å². The fourth-order valence-electron chi connectivity index (χ4n) is 0.883. The van der Waals surface area contributed by atoms with Crippen molar-refractivity contribution in [1.82, 2.24) is 9.97 Å². The first kappa shape index (κ1) is 6.48. The molecule has 0 saturated carbocycles. The fraction of sp³-hybridized carbons (Fsp3) is 0. The van der Waals surface area contributed by atoms with Crippen molar-refractivity contribution in [3.63, 3.8) is 0 Å². The SMILES string of the molecule is O=c1ncc2c([nH]1)C=CS2=O. The van der Waals surface area contributed by atoms with E-state index in [1.54, 1.807) is 6.08 Å². The van der Waals surface area contributed by atoms with Crippen LogP contribution in [0.4, 0.5) is 0 Å². The number of fused-ring (bicyclic) bond motifs is 1. The lowest BCUT2D eigenvalue weighted by Crippen LogP contribution is -2.11. The number of hydrogen-bond donors (Lipinski definition) is 1. The van der Waals surface area contributed by atoms with Crippen LogP contribution < -0.4 is 5.69 Å². The van der Waals surface area contributed by atoms with E-state index in [1.807, 2.05) is 0 Å². The summed E-state index contributed by atoms with van der Waals surface area (Å²) in [5, 5.41) is 1.52. The second-order valence-electron chi connectivity index (χ2n) is 2.07. The van der Waals surface area contributed by atoms with Crippen LogP contribution in [-0.2, 0) is 10.8 Å². The Balaban J connectivity index is 2.76. The first-order valence-electron chi connectivity index (χ1n) is 2.95. The van der Waals surface area contributed by atoms with Gasteiger partial charge < -0.3 is 4.98 Å². The highest BCUT2D eigenvalue weighted by Crippen LogP contribution is 2.18. The van der Waals surface area contributed by atoms with Crippen molar-refractivity contribution in [2.75, 3.05) is 0 Å². The molecule has 5 heteroatoms. The topological polar surface area (TPSA) is 62.8 Å². The first-order valence-corrected chi connectivity index (χ1v) is 4.17. The van der Waals surface area contributed by atoms with E-state index in [4.69, 9.17) is 0 Å². The van der Waals surface area contributed by atoms with Crippen LogP contribution in [0.1, 0.15) is 5.69 Å². The number of nitrogens with one attached hydrogen (secondary N) is 1. The molecule has 2 rings (SSSR count). The summed E-state index contributed by atoms with van der Waals surface area (Å²) in [6.45, 7) is 0. The molecule has 0 bridgehead atoms. The number of H-pyrrole nitrogens is 1. The molecule has 2 heterocycles. The zero-order valence-electron chi connectivity index (χ0n) is 5.40. The van der Waals surface area contributed by atoms with E-state index in [2.05, 4.69) is 9.97 Å². The van der Waals surface area contributed by atoms with Crippen LogP contribution in [0, 0.1) is 0 Å². The molecule has 1 aliphatic rings. The second-order valence-corrected chi connectivity index (χ2v) is 3.37. The Morgan fingerprint density at radius 3 is 3.18 bits per heavy atom. The van der Waals surface area contributed by atoms with Crippen LogP contribution in [0.2, 0.25) is 0 Å². The molecule has 0 saturated heterocycles. The smallest absolute Gasteiger partial charge is 0.305 e. The summed E-state index contributed by atoms with van der Waals surface area (Å²) in [6.07, 6.45) is 2.96. The van der Waals surface area contributed by atoms with Crippen LogP contribution in [0.25, 0.3) is 6.08 Å². The van der Waals surface area contributed by atoms with Gasteiger partial charge in [-0.3, -0.25) is 0 Å². The maximum Gasteiger partial charge on any atom is 0.345 e. The Morgan fingerprint density at radius 2 is 2.36 bits per heavy atom. The zero-order chi connectivity index (χ0) is 7.84. The van der Waals surface area contributed by atoms with Gasteiger partial charge in [-0.05, 0) is 6.08 Å². The lowest BCUT2D eigenvalue weighted by molar-refractivity contribution is 0.688. The monoisotopic (exact) mass is 168 g/mol. The summed E-state index contributed by atoms with van der Waals surface area (Å²) in [4.78, 5) is 17.1. The van der Waals surface area contributed by atoms with Gasteiger partial charge in [0.1, 0.15) is 0 Å². The molecular formula is C6H4N2O2S. The van der Waals surface area contributed by atoms with E-state index in [0.717, 1.165) is 0 Å². The maximum atomic E-state index is 11.0. The van der Waals surface area contributed by atoms with Gasteiger partial charge in [-0.25, -0.2) is 14.0 Å². The average molecular weight is 168 g/mol. The lowest BCUT2D eigenvalue weighted by atomic mass is 10.4. The molecule has 56 valence electrons. The molecular weight excluding hydrogens is 164 g/mol. The molecule has 1 aromatic rings. The molecule has 0 radical (unpaired) electrons. The minimum Gasteiger partial charge on any atom is -0.305 e. The van der Waals surface area contributed by atoms with Crippen molar-refractivity contribution in [3.05, 3.63) is 27.8 Å². The van der Waals surface area contributed by atoms with Crippen LogP contribution >= 0.6 is 0 Å². The normalized spacial score (nSPS) is 20.2. The lowest BCUT2D eigenvalue weighted by Gasteiger charge is -1.92. The molecule has 0 amide bonds. The molecule has 1 unspecified atom stereocenters. The number of rotatable bonds is 0. The first-order chi connectivity index (χ1) is 5.27. The van der Waals surface area contributed by atoms with Gasteiger partial charge in [0.05, 0.1) is 27.6 Å². The molecule has 4 nitrogen and oxygen atoms in total. The van der Waals surface area contributed by atoms with E-state index < -0.39 is 16.5 Å². The van der Waals surface area contributed by atoms with Gasteiger partial charge >= 0.3 is 5.69 Å². The molecule has 0 spiro atoms. The minimum atomic E-state index is -1.12. The highest BCUT2D eigenvalue weighted by atomic mass is 32.2. The maximum absolute atomic E-state index is 11.0. The summed E-state index contributed by atoms with van der Waals surface area (Å²) in [5.41, 5.74) is 0.190. The van der Waals surface area contributed by atoms with Gasteiger partial charge in [0.25, 0.3) is 0 Å². The van der Waals surface area contributed by atoms with Gasteiger partial charge in [0, 0.05) is 5.41 Å². The van der Waals surface area contributed by atoms with Crippen LogP contribution in [0.15, 0.2) is 21.3 Å². The number of aromatic amines is 1. The van der Waals surface area contributed by atoms with Crippen LogP contribution in [-0.4, -0.2) is 14.2 Å². The summed E-state index contributed by atoms with van der Waals surface area (Å²) in [5.74, 6) is 0. The number of aromatic nitrogens is 2. The van der Waals surface area contributed by atoms with Crippen LogP contribution in [0.5, 0.6) is 0 Å². The Labute approximate surface area is 64.4 Å². The Kier molecular flexibility index (Phi) is 1.25. The van der Waals surface area contributed by atoms with Crippen LogP contribution in [0.3, 0.4) is 0 Å². The van der Waals surface area contributed by atoms with E-state index in [-0.39, 0.29) is 0 Å². The largest absolute Gasteiger partial charge is 0.345 e. The number of nitrogens with zero attached hydrogens (tertiary/aromatic N) is 1. The van der Waals surface area contributed by atoms with Gasteiger partial charge in [0.2, 0.25) is 0 Å². The highest BCUT2D eigenvalue weighted by molar-refractivity contribution is 7.88. The van der Waals surface area contributed by atoms with E-state index in [0.29, 0.717) is 10.6 Å².